The first-order valence-corrected chi connectivity index (χ1v) is 9.79. The summed E-state index contributed by atoms with van der Waals surface area (Å²) in [6.07, 6.45) is 3.04. The zero-order chi connectivity index (χ0) is 20.4. The van der Waals surface area contributed by atoms with Crippen LogP contribution < -0.4 is 21.3 Å². The van der Waals surface area contributed by atoms with E-state index in [9.17, 15) is 19.2 Å². The van der Waals surface area contributed by atoms with Gasteiger partial charge in [0, 0.05) is 13.0 Å². The first kappa shape index (κ1) is 23.1. The predicted molar refractivity (Wildman–Crippen MR) is 103 cm³/mol. The van der Waals surface area contributed by atoms with E-state index in [1.807, 2.05) is 13.8 Å². The molecule has 1 fully saturated rings. The van der Waals surface area contributed by atoms with Crippen molar-refractivity contribution in [1.82, 2.24) is 21.3 Å². The van der Waals surface area contributed by atoms with Crippen molar-refractivity contribution in [3.8, 4) is 0 Å². The van der Waals surface area contributed by atoms with Crippen LogP contribution in [-0.2, 0) is 19.2 Å². The van der Waals surface area contributed by atoms with Crippen molar-refractivity contribution in [2.75, 3.05) is 13.6 Å². The highest BCUT2D eigenvalue weighted by Crippen LogP contribution is 2.09. The van der Waals surface area contributed by atoms with E-state index in [0.717, 1.165) is 12.8 Å². The van der Waals surface area contributed by atoms with Gasteiger partial charge >= 0.3 is 0 Å². The van der Waals surface area contributed by atoms with Crippen LogP contribution in [0.1, 0.15) is 59.3 Å². The first-order chi connectivity index (χ1) is 12.7. The summed E-state index contributed by atoms with van der Waals surface area (Å²) in [5.41, 5.74) is 0. The summed E-state index contributed by atoms with van der Waals surface area (Å²) in [5, 5.41) is 11.3. The third-order valence-electron chi connectivity index (χ3n) is 4.71. The molecule has 27 heavy (non-hydrogen) atoms. The van der Waals surface area contributed by atoms with Crippen LogP contribution in [0.3, 0.4) is 0 Å². The van der Waals surface area contributed by atoms with Crippen molar-refractivity contribution in [2.24, 2.45) is 5.92 Å². The molecule has 1 rings (SSSR count). The van der Waals surface area contributed by atoms with E-state index < -0.39 is 18.1 Å². The molecule has 0 aromatic heterocycles. The molecule has 154 valence electrons. The molecule has 3 atom stereocenters. The van der Waals surface area contributed by atoms with Crippen LogP contribution in [0, 0.1) is 5.92 Å². The van der Waals surface area contributed by atoms with E-state index in [0.29, 0.717) is 19.4 Å². The number of likely N-dealkylation sites (N-methyl/N-ethyl adjacent to an activating group) is 1. The molecule has 1 aliphatic heterocycles. The van der Waals surface area contributed by atoms with Gasteiger partial charge in [-0.15, -0.1) is 0 Å². The minimum atomic E-state index is -0.736. The Kier molecular flexibility index (Phi) is 9.99. The van der Waals surface area contributed by atoms with Crippen LogP contribution in [0.15, 0.2) is 0 Å². The Bertz CT molecular complexity index is 536. The second-order valence-electron chi connectivity index (χ2n) is 7.59. The van der Waals surface area contributed by atoms with Crippen molar-refractivity contribution in [2.45, 2.75) is 77.4 Å². The van der Waals surface area contributed by atoms with Gasteiger partial charge in [0.25, 0.3) is 0 Å². The number of Topliss-reactive ketones (excluding diaryl/α,β-unsaturated/α-hetero) is 1. The maximum Gasteiger partial charge on any atom is 0.243 e. The predicted octanol–water partition coefficient (Wildman–Crippen LogP) is 0.259. The van der Waals surface area contributed by atoms with Gasteiger partial charge in [0.1, 0.15) is 6.04 Å². The number of amides is 3. The molecule has 0 aromatic rings. The molecule has 0 aliphatic carbocycles. The molecule has 1 heterocycles. The van der Waals surface area contributed by atoms with Gasteiger partial charge in [-0.25, -0.2) is 0 Å². The van der Waals surface area contributed by atoms with Gasteiger partial charge in [0.2, 0.25) is 17.7 Å². The highest BCUT2D eigenvalue weighted by Gasteiger charge is 2.28. The SMILES string of the molecule is CN[C@@H]1CCCCNC(=O)CC[C@H](C(C)=O)NC(=O)[C@@H](CC(C)C)NC1=O. The molecule has 0 bridgehead atoms. The van der Waals surface area contributed by atoms with Crippen molar-refractivity contribution in [3.63, 3.8) is 0 Å². The Labute approximate surface area is 161 Å². The van der Waals surface area contributed by atoms with E-state index in [2.05, 4.69) is 21.3 Å². The summed E-state index contributed by atoms with van der Waals surface area (Å²) in [4.78, 5) is 49.2. The van der Waals surface area contributed by atoms with E-state index in [1.54, 1.807) is 7.05 Å². The normalized spacial score (nSPS) is 26.4. The van der Waals surface area contributed by atoms with E-state index >= 15 is 0 Å². The quantitative estimate of drug-likeness (QED) is 0.557. The van der Waals surface area contributed by atoms with Crippen LogP contribution in [0.5, 0.6) is 0 Å². The number of carbonyl (C=O) groups excluding carboxylic acids is 4. The minimum Gasteiger partial charge on any atom is -0.356 e. The third kappa shape index (κ3) is 8.51. The summed E-state index contributed by atoms with van der Waals surface area (Å²) in [6, 6.07) is -1.86. The fourth-order valence-corrected chi connectivity index (χ4v) is 3.10. The van der Waals surface area contributed by atoms with Gasteiger partial charge in [-0.1, -0.05) is 13.8 Å². The summed E-state index contributed by atoms with van der Waals surface area (Å²) in [7, 11) is 1.71. The van der Waals surface area contributed by atoms with Gasteiger partial charge in [-0.3, -0.25) is 19.2 Å². The Balaban J connectivity index is 2.99. The average Bonchev–Trinajstić information content (AvgIpc) is 2.59. The number of hydrogen-bond acceptors (Lipinski definition) is 5. The monoisotopic (exact) mass is 382 g/mol. The number of rotatable bonds is 4. The van der Waals surface area contributed by atoms with E-state index in [4.69, 9.17) is 0 Å². The zero-order valence-electron chi connectivity index (χ0n) is 16.9. The third-order valence-corrected chi connectivity index (χ3v) is 4.71. The molecule has 8 heteroatoms. The number of ketones is 1. The molecule has 1 saturated heterocycles. The highest BCUT2D eigenvalue weighted by atomic mass is 16.2. The molecular formula is C19H34N4O4. The summed E-state index contributed by atoms with van der Waals surface area (Å²) < 4.78 is 0. The smallest absolute Gasteiger partial charge is 0.243 e. The lowest BCUT2D eigenvalue weighted by molar-refractivity contribution is -0.132. The van der Waals surface area contributed by atoms with Gasteiger partial charge in [0.15, 0.2) is 5.78 Å². The maximum atomic E-state index is 12.7. The Morgan fingerprint density at radius 3 is 2.41 bits per heavy atom. The van der Waals surface area contributed by atoms with Crippen molar-refractivity contribution in [1.29, 1.82) is 0 Å². The average molecular weight is 383 g/mol. The lowest BCUT2D eigenvalue weighted by atomic mass is 10.0. The molecular weight excluding hydrogens is 348 g/mol. The highest BCUT2D eigenvalue weighted by molar-refractivity contribution is 5.93. The topological polar surface area (TPSA) is 116 Å². The summed E-state index contributed by atoms with van der Waals surface area (Å²) in [6.45, 7) is 5.86. The van der Waals surface area contributed by atoms with Crippen LogP contribution in [0.25, 0.3) is 0 Å². The van der Waals surface area contributed by atoms with Crippen LogP contribution in [0.4, 0.5) is 0 Å². The fraction of sp³-hybridized carbons (Fsp3) is 0.789. The zero-order valence-corrected chi connectivity index (χ0v) is 16.9. The molecule has 0 radical (unpaired) electrons. The second-order valence-corrected chi connectivity index (χ2v) is 7.59. The Morgan fingerprint density at radius 2 is 1.81 bits per heavy atom. The molecule has 1 aliphatic rings. The van der Waals surface area contributed by atoms with E-state index in [1.165, 1.54) is 6.92 Å². The number of carbonyl (C=O) groups is 4. The summed E-state index contributed by atoms with van der Waals surface area (Å²) >= 11 is 0. The Hall–Kier alpha value is -1.96. The maximum absolute atomic E-state index is 12.7. The molecule has 0 spiro atoms. The van der Waals surface area contributed by atoms with Crippen LogP contribution in [0.2, 0.25) is 0 Å². The second kappa shape index (κ2) is 11.7. The fourth-order valence-electron chi connectivity index (χ4n) is 3.10. The lowest BCUT2D eigenvalue weighted by Gasteiger charge is -2.25. The molecule has 4 N–H and O–H groups in total. The van der Waals surface area contributed by atoms with Crippen LogP contribution in [-0.4, -0.2) is 55.2 Å². The first-order valence-electron chi connectivity index (χ1n) is 9.79. The minimum absolute atomic E-state index is 0.136. The van der Waals surface area contributed by atoms with Crippen molar-refractivity contribution >= 4 is 23.5 Å². The molecule has 0 unspecified atom stereocenters. The molecule has 0 aromatic carbocycles. The number of nitrogens with one attached hydrogen (secondary N) is 4. The molecule has 0 saturated carbocycles. The lowest BCUT2D eigenvalue weighted by Crippen LogP contribution is -2.55. The van der Waals surface area contributed by atoms with Crippen molar-refractivity contribution < 1.29 is 19.2 Å². The standard InChI is InChI=1S/C19H34N4O4/c1-12(2)11-16-19(27)22-14(13(3)24)8-9-17(25)21-10-6-5-7-15(20-4)18(26)23-16/h12,14-16,20H,5-11H2,1-4H3,(H,21,25)(H,22,27)(H,23,26)/t14-,15-,16-/m1/s1. The van der Waals surface area contributed by atoms with Crippen LogP contribution >= 0.6 is 0 Å². The Morgan fingerprint density at radius 1 is 1.11 bits per heavy atom. The molecule has 3 amide bonds. The summed E-state index contributed by atoms with van der Waals surface area (Å²) in [5.74, 6) is -0.761. The van der Waals surface area contributed by atoms with Gasteiger partial charge in [0.05, 0.1) is 12.1 Å². The van der Waals surface area contributed by atoms with Gasteiger partial charge < -0.3 is 21.3 Å². The van der Waals surface area contributed by atoms with Gasteiger partial charge in [-0.05, 0) is 52.0 Å². The van der Waals surface area contributed by atoms with E-state index in [-0.39, 0.29) is 42.3 Å². The number of hydrogen-bond donors (Lipinski definition) is 4. The largest absolute Gasteiger partial charge is 0.356 e. The molecule has 8 nitrogen and oxygen atoms in total. The van der Waals surface area contributed by atoms with Crippen molar-refractivity contribution in [3.05, 3.63) is 0 Å². The van der Waals surface area contributed by atoms with Gasteiger partial charge in [-0.2, -0.15) is 0 Å².